The molecule has 1 aromatic rings. The summed E-state index contributed by atoms with van der Waals surface area (Å²) in [4.78, 5) is 11.1. The molecule has 0 saturated carbocycles. The summed E-state index contributed by atoms with van der Waals surface area (Å²) in [5.74, 6) is 4.53. The number of carbonyl (C=O) groups is 1. The normalized spacial score (nSPS) is 9.23. The molecule has 0 atom stereocenters. The van der Waals surface area contributed by atoms with Gasteiger partial charge in [-0.25, -0.2) is 5.84 Å². The van der Waals surface area contributed by atoms with Crippen molar-refractivity contribution in [2.45, 2.75) is 6.92 Å². The molecule has 1 amide bonds. The number of nitrogens with zero attached hydrogens (tertiary/aromatic N) is 2. The Morgan fingerprint density at radius 3 is 2.54 bits per heavy atom. The maximum atomic E-state index is 11.1. The number of rotatable bonds is 1. The van der Waals surface area contributed by atoms with Crippen LogP contribution < -0.4 is 11.3 Å². The molecule has 13 heavy (non-hydrogen) atoms. The zero-order valence-electron chi connectivity index (χ0n) is 7.17. The first kappa shape index (κ1) is 12.2. The summed E-state index contributed by atoms with van der Waals surface area (Å²) in [5.41, 5.74) is 2.88. The van der Waals surface area contributed by atoms with Crippen LogP contribution in [-0.2, 0) is 7.05 Å². The van der Waals surface area contributed by atoms with Gasteiger partial charge in [-0.3, -0.25) is 14.9 Å². The second kappa shape index (κ2) is 4.45. The molecule has 5 nitrogen and oxygen atoms in total. The number of amides is 1. The second-order valence-corrected chi connectivity index (χ2v) is 2.71. The van der Waals surface area contributed by atoms with E-state index in [1.54, 1.807) is 14.0 Å². The lowest BCUT2D eigenvalue weighted by molar-refractivity contribution is 0.0953. The lowest BCUT2D eigenvalue weighted by atomic mass is 10.2. The maximum Gasteiger partial charge on any atom is 0.270 e. The van der Waals surface area contributed by atoms with E-state index < -0.39 is 5.91 Å². The third-order valence-corrected chi connectivity index (χ3v) is 1.94. The number of carbonyl (C=O) groups excluding carboxylic acids is 1. The van der Waals surface area contributed by atoms with Gasteiger partial charge in [-0.2, -0.15) is 5.10 Å². The molecule has 0 radical (unpaired) electrons. The van der Waals surface area contributed by atoms with E-state index in [-0.39, 0.29) is 17.6 Å². The van der Waals surface area contributed by atoms with Crippen molar-refractivity contribution in [3.05, 3.63) is 16.4 Å². The molecule has 0 fully saturated rings. The van der Waals surface area contributed by atoms with Gasteiger partial charge in [0.15, 0.2) is 0 Å². The van der Waals surface area contributed by atoms with Crippen molar-refractivity contribution < 1.29 is 4.79 Å². The second-order valence-electron chi connectivity index (χ2n) is 2.35. The molecule has 74 valence electrons. The summed E-state index contributed by atoms with van der Waals surface area (Å²) in [5, 5.41) is 4.24. The fraction of sp³-hybridized carbons (Fsp3) is 0.333. The average molecular weight is 225 g/mol. The fourth-order valence-electron chi connectivity index (χ4n) is 0.960. The van der Waals surface area contributed by atoms with Crippen molar-refractivity contribution in [1.29, 1.82) is 0 Å². The Bertz CT molecular complexity index is 323. The number of nitrogens with one attached hydrogen (secondary N) is 1. The molecule has 0 aliphatic heterocycles. The molecule has 0 aliphatic carbocycles. The molecular formula is C6H10Cl2N4O. The van der Waals surface area contributed by atoms with E-state index >= 15 is 0 Å². The lowest BCUT2D eigenvalue weighted by Crippen LogP contribution is -2.30. The molecule has 1 aromatic heterocycles. The SMILES string of the molecule is Cc1nn(C)c(Cl)c1C(=O)NN.Cl. The molecule has 0 bridgehead atoms. The number of aryl methyl sites for hydroxylation is 2. The van der Waals surface area contributed by atoms with E-state index in [2.05, 4.69) is 5.10 Å². The first-order valence-electron chi connectivity index (χ1n) is 3.28. The van der Waals surface area contributed by atoms with Crippen LogP contribution in [0.3, 0.4) is 0 Å². The van der Waals surface area contributed by atoms with E-state index in [9.17, 15) is 4.79 Å². The van der Waals surface area contributed by atoms with Crippen LogP contribution in [0, 0.1) is 6.92 Å². The zero-order valence-corrected chi connectivity index (χ0v) is 8.74. The predicted molar refractivity (Wildman–Crippen MR) is 51.9 cm³/mol. The van der Waals surface area contributed by atoms with Crippen LogP contribution >= 0.6 is 24.0 Å². The van der Waals surface area contributed by atoms with Crippen LogP contribution in [0.15, 0.2) is 0 Å². The van der Waals surface area contributed by atoms with Crippen LogP contribution in [0.2, 0.25) is 5.15 Å². The van der Waals surface area contributed by atoms with Crippen LogP contribution in [0.5, 0.6) is 0 Å². The van der Waals surface area contributed by atoms with Crippen molar-refractivity contribution in [3.63, 3.8) is 0 Å². The quantitative estimate of drug-likeness (QED) is 0.413. The van der Waals surface area contributed by atoms with Gasteiger partial charge in [-0.05, 0) is 6.92 Å². The van der Waals surface area contributed by atoms with Gasteiger partial charge in [0.05, 0.1) is 5.69 Å². The first-order valence-corrected chi connectivity index (χ1v) is 3.65. The number of aromatic nitrogens is 2. The van der Waals surface area contributed by atoms with Gasteiger partial charge >= 0.3 is 0 Å². The lowest BCUT2D eigenvalue weighted by Gasteiger charge is -1.96. The Labute approximate surface area is 86.6 Å². The predicted octanol–water partition coefficient (Wildman–Crippen LogP) is 0.407. The first-order chi connectivity index (χ1) is 5.57. The summed E-state index contributed by atoms with van der Waals surface area (Å²) in [7, 11) is 1.66. The molecule has 7 heteroatoms. The van der Waals surface area contributed by atoms with E-state index in [1.807, 2.05) is 5.43 Å². The Kier molecular flexibility index (Phi) is 4.19. The molecule has 1 rings (SSSR count). The maximum absolute atomic E-state index is 11.1. The zero-order chi connectivity index (χ0) is 9.30. The molecular weight excluding hydrogens is 215 g/mol. The smallest absolute Gasteiger partial charge is 0.270 e. The number of hydrogen-bond acceptors (Lipinski definition) is 3. The molecule has 0 unspecified atom stereocenters. The summed E-state index contributed by atoms with van der Waals surface area (Å²) < 4.78 is 1.42. The Balaban J connectivity index is 0.00000144. The minimum atomic E-state index is -0.425. The van der Waals surface area contributed by atoms with Crippen LogP contribution in [0.4, 0.5) is 0 Å². The highest BCUT2D eigenvalue weighted by Crippen LogP contribution is 2.17. The van der Waals surface area contributed by atoms with Gasteiger partial charge in [-0.15, -0.1) is 12.4 Å². The highest BCUT2D eigenvalue weighted by atomic mass is 35.5. The van der Waals surface area contributed by atoms with Gasteiger partial charge in [0.1, 0.15) is 10.7 Å². The van der Waals surface area contributed by atoms with Gasteiger partial charge in [-0.1, -0.05) is 11.6 Å². The minimum Gasteiger partial charge on any atom is -0.290 e. The van der Waals surface area contributed by atoms with E-state index in [1.165, 1.54) is 4.68 Å². The molecule has 0 spiro atoms. The molecule has 0 aliphatic rings. The minimum absolute atomic E-state index is 0. The number of nitrogens with two attached hydrogens (primary N) is 1. The summed E-state index contributed by atoms with van der Waals surface area (Å²) in [6, 6.07) is 0. The van der Waals surface area contributed by atoms with Crippen molar-refractivity contribution in [1.82, 2.24) is 15.2 Å². The molecule has 0 aromatic carbocycles. The number of hydrazine groups is 1. The van der Waals surface area contributed by atoms with Crippen molar-refractivity contribution in [2.75, 3.05) is 0 Å². The summed E-state index contributed by atoms with van der Waals surface area (Å²) >= 11 is 5.77. The highest BCUT2D eigenvalue weighted by molar-refractivity contribution is 6.33. The van der Waals surface area contributed by atoms with E-state index in [0.29, 0.717) is 11.3 Å². The van der Waals surface area contributed by atoms with Gasteiger partial charge in [0.2, 0.25) is 0 Å². The monoisotopic (exact) mass is 224 g/mol. The van der Waals surface area contributed by atoms with Gasteiger partial charge in [0, 0.05) is 7.05 Å². The summed E-state index contributed by atoms with van der Waals surface area (Å²) in [6.07, 6.45) is 0. The van der Waals surface area contributed by atoms with E-state index in [0.717, 1.165) is 0 Å². The Hall–Kier alpha value is -0.780. The van der Waals surface area contributed by atoms with E-state index in [4.69, 9.17) is 17.4 Å². The number of nitrogen functional groups attached to an aromatic ring is 1. The van der Waals surface area contributed by atoms with Crippen molar-refractivity contribution >= 4 is 29.9 Å². The number of halogens is 2. The highest BCUT2D eigenvalue weighted by Gasteiger charge is 2.17. The third-order valence-electron chi connectivity index (χ3n) is 1.51. The molecule has 1 heterocycles. The fourth-order valence-corrected chi connectivity index (χ4v) is 1.22. The Morgan fingerprint density at radius 2 is 2.23 bits per heavy atom. The van der Waals surface area contributed by atoms with Gasteiger partial charge in [0.25, 0.3) is 5.91 Å². The van der Waals surface area contributed by atoms with Crippen LogP contribution in [0.1, 0.15) is 16.1 Å². The summed E-state index contributed by atoms with van der Waals surface area (Å²) in [6.45, 7) is 1.69. The van der Waals surface area contributed by atoms with Crippen LogP contribution in [-0.4, -0.2) is 15.7 Å². The molecule has 0 saturated heterocycles. The Morgan fingerprint density at radius 1 is 1.69 bits per heavy atom. The van der Waals surface area contributed by atoms with Crippen molar-refractivity contribution in [3.8, 4) is 0 Å². The average Bonchev–Trinajstić information content (AvgIpc) is 2.26. The standard InChI is InChI=1S/C6H9ClN4O.ClH/c1-3-4(6(12)9-8)5(7)11(2)10-3;/h8H2,1-2H3,(H,9,12);1H. The van der Waals surface area contributed by atoms with Crippen LogP contribution in [0.25, 0.3) is 0 Å². The number of hydrogen-bond donors (Lipinski definition) is 2. The molecule has 3 N–H and O–H groups in total. The topological polar surface area (TPSA) is 72.9 Å². The van der Waals surface area contributed by atoms with Gasteiger partial charge < -0.3 is 0 Å². The third kappa shape index (κ3) is 2.12. The van der Waals surface area contributed by atoms with Crippen molar-refractivity contribution in [2.24, 2.45) is 12.9 Å². The largest absolute Gasteiger partial charge is 0.290 e.